The second kappa shape index (κ2) is 5.14. The number of benzene rings is 1. The van der Waals surface area contributed by atoms with Crippen molar-refractivity contribution in [1.29, 1.82) is 0 Å². The third-order valence-electron chi connectivity index (χ3n) is 1.87. The van der Waals surface area contributed by atoms with Gasteiger partial charge in [0.05, 0.1) is 5.02 Å². The number of nitrogens with zero attached hydrogens (tertiary/aromatic N) is 2. The van der Waals surface area contributed by atoms with E-state index >= 15 is 0 Å². The molecule has 0 spiro atoms. The molecule has 1 heterocycles. The zero-order valence-corrected chi connectivity index (χ0v) is 9.74. The maximum Gasteiger partial charge on any atom is 0.166 e. The molecule has 0 saturated carbocycles. The van der Waals surface area contributed by atoms with E-state index in [4.69, 9.17) is 27.9 Å². The molecule has 16 heavy (non-hydrogen) atoms. The van der Waals surface area contributed by atoms with Crippen LogP contribution in [0.4, 0.5) is 0 Å². The van der Waals surface area contributed by atoms with Gasteiger partial charge in [-0.05, 0) is 18.2 Å². The first-order chi connectivity index (χ1) is 7.75. The molecule has 1 aromatic carbocycles. The number of hydrogen-bond donors (Lipinski definition) is 0. The van der Waals surface area contributed by atoms with Gasteiger partial charge in [0, 0.05) is 23.5 Å². The average Bonchev–Trinajstić information content (AvgIpc) is 2.32. The lowest BCUT2D eigenvalue weighted by Gasteiger charge is -2.06. The van der Waals surface area contributed by atoms with Crippen LogP contribution in [0, 0.1) is 0 Å². The summed E-state index contributed by atoms with van der Waals surface area (Å²) in [5.74, 6) is 1.13. The highest BCUT2D eigenvalue weighted by Gasteiger charge is 2.03. The molecule has 0 amide bonds. The van der Waals surface area contributed by atoms with Crippen LogP contribution in [-0.2, 0) is 6.61 Å². The van der Waals surface area contributed by atoms with Crippen molar-refractivity contribution in [3.8, 4) is 5.75 Å². The fourth-order valence-electron chi connectivity index (χ4n) is 1.13. The maximum absolute atomic E-state index is 5.94. The number of aromatic nitrogens is 2. The summed E-state index contributed by atoms with van der Waals surface area (Å²) >= 11 is 11.8. The van der Waals surface area contributed by atoms with Crippen molar-refractivity contribution < 1.29 is 4.74 Å². The molecular weight excluding hydrogens is 247 g/mol. The van der Waals surface area contributed by atoms with Crippen molar-refractivity contribution in [1.82, 2.24) is 9.97 Å². The Balaban J connectivity index is 2.08. The van der Waals surface area contributed by atoms with Gasteiger partial charge >= 0.3 is 0 Å². The summed E-state index contributed by atoms with van der Waals surface area (Å²) in [5.41, 5.74) is 0. The van der Waals surface area contributed by atoms with Crippen molar-refractivity contribution >= 4 is 23.2 Å². The van der Waals surface area contributed by atoms with E-state index in [2.05, 4.69) is 9.97 Å². The van der Waals surface area contributed by atoms with Crippen LogP contribution in [-0.4, -0.2) is 9.97 Å². The Labute approximate surface area is 103 Å². The Morgan fingerprint density at radius 2 is 1.88 bits per heavy atom. The van der Waals surface area contributed by atoms with Crippen LogP contribution in [0.5, 0.6) is 5.75 Å². The predicted octanol–water partition coefficient (Wildman–Crippen LogP) is 3.36. The van der Waals surface area contributed by atoms with E-state index in [1.54, 1.807) is 36.7 Å². The SMILES string of the molecule is Clc1ccc(Cl)c(OCc2ncccn2)c1. The van der Waals surface area contributed by atoms with Gasteiger partial charge in [-0.2, -0.15) is 0 Å². The topological polar surface area (TPSA) is 35.0 Å². The lowest BCUT2D eigenvalue weighted by Crippen LogP contribution is -2.00. The van der Waals surface area contributed by atoms with E-state index in [-0.39, 0.29) is 6.61 Å². The number of rotatable bonds is 3. The number of halogens is 2. The van der Waals surface area contributed by atoms with Crippen LogP contribution < -0.4 is 4.74 Å². The van der Waals surface area contributed by atoms with Gasteiger partial charge in [0.25, 0.3) is 0 Å². The summed E-state index contributed by atoms with van der Waals surface area (Å²) in [7, 11) is 0. The highest BCUT2D eigenvalue weighted by molar-refractivity contribution is 6.34. The van der Waals surface area contributed by atoms with E-state index in [1.165, 1.54) is 0 Å². The van der Waals surface area contributed by atoms with Crippen LogP contribution >= 0.6 is 23.2 Å². The second-order valence-electron chi connectivity index (χ2n) is 3.03. The zero-order chi connectivity index (χ0) is 11.4. The Hall–Kier alpha value is -1.32. The molecule has 2 rings (SSSR count). The number of hydrogen-bond acceptors (Lipinski definition) is 3. The van der Waals surface area contributed by atoms with Crippen LogP contribution in [0.15, 0.2) is 36.7 Å². The monoisotopic (exact) mass is 254 g/mol. The van der Waals surface area contributed by atoms with Gasteiger partial charge in [0.1, 0.15) is 12.4 Å². The largest absolute Gasteiger partial charge is 0.484 e. The Bertz CT molecular complexity index is 477. The molecule has 82 valence electrons. The van der Waals surface area contributed by atoms with Crippen LogP contribution in [0.3, 0.4) is 0 Å². The lowest BCUT2D eigenvalue weighted by atomic mass is 10.3. The smallest absolute Gasteiger partial charge is 0.166 e. The van der Waals surface area contributed by atoms with Crippen molar-refractivity contribution in [3.05, 3.63) is 52.5 Å². The molecule has 3 nitrogen and oxygen atoms in total. The maximum atomic E-state index is 5.94. The third-order valence-corrected chi connectivity index (χ3v) is 2.42. The Morgan fingerprint density at radius 3 is 2.62 bits per heavy atom. The van der Waals surface area contributed by atoms with Gasteiger partial charge in [-0.3, -0.25) is 0 Å². The van der Waals surface area contributed by atoms with E-state index in [0.29, 0.717) is 21.6 Å². The third kappa shape index (κ3) is 2.84. The van der Waals surface area contributed by atoms with Crippen LogP contribution in [0.25, 0.3) is 0 Å². The standard InChI is InChI=1S/C11H8Cl2N2O/c12-8-2-3-9(13)10(6-8)16-7-11-14-4-1-5-15-11/h1-6H,7H2. The predicted molar refractivity (Wildman–Crippen MR) is 62.8 cm³/mol. The minimum Gasteiger partial charge on any atom is -0.484 e. The highest BCUT2D eigenvalue weighted by Crippen LogP contribution is 2.27. The Kier molecular flexibility index (Phi) is 3.59. The van der Waals surface area contributed by atoms with Gasteiger partial charge in [-0.25, -0.2) is 9.97 Å². The van der Waals surface area contributed by atoms with Crippen molar-refractivity contribution in [2.45, 2.75) is 6.61 Å². The minimum atomic E-state index is 0.265. The fraction of sp³-hybridized carbons (Fsp3) is 0.0909. The molecule has 0 aliphatic rings. The van der Waals surface area contributed by atoms with Gasteiger partial charge in [0.15, 0.2) is 5.82 Å². The molecule has 5 heteroatoms. The molecule has 0 fully saturated rings. The molecule has 0 radical (unpaired) electrons. The Morgan fingerprint density at radius 1 is 1.12 bits per heavy atom. The first-order valence-electron chi connectivity index (χ1n) is 4.59. The summed E-state index contributed by atoms with van der Waals surface area (Å²) < 4.78 is 5.46. The minimum absolute atomic E-state index is 0.265. The normalized spacial score (nSPS) is 10.1. The van der Waals surface area contributed by atoms with Crippen LogP contribution in [0.1, 0.15) is 5.82 Å². The molecule has 2 aromatic rings. The first kappa shape index (κ1) is 11.2. The van der Waals surface area contributed by atoms with Gasteiger partial charge in [-0.1, -0.05) is 23.2 Å². The molecule has 0 saturated heterocycles. The molecule has 0 N–H and O–H groups in total. The summed E-state index contributed by atoms with van der Waals surface area (Å²) in [6, 6.07) is 6.80. The molecule has 0 aliphatic carbocycles. The second-order valence-corrected chi connectivity index (χ2v) is 3.87. The highest BCUT2D eigenvalue weighted by atomic mass is 35.5. The average molecular weight is 255 g/mol. The lowest BCUT2D eigenvalue weighted by molar-refractivity contribution is 0.296. The van der Waals surface area contributed by atoms with Gasteiger partial charge in [0.2, 0.25) is 0 Å². The molecule has 0 atom stereocenters. The van der Waals surface area contributed by atoms with E-state index in [1.807, 2.05) is 0 Å². The first-order valence-corrected chi connectivity index (χ1v) is 5.35. The molecule has 0 bridgehead atoms. The van der Waals surface area contributed by atoms with Crippen molar-refractivity contribution in [2.24, 2.45) is 0 Å². The summed E-state index contributed by atoms with van der Waals surface area (Å²) in [6.07, 6.45) is 3.32. The molecule has 1 aromatic heterocycles. The number of ether oxygens (including phenoxy) is 1. The molecule has 0 aliphatic heterocycles. The van der Waals surface area contributed by atoms with E-state index in [9.17, 15) is 0 Å². The van der Waals surface area contributed by atoms with E-state index in [0.717, 1.165) is 0 Å². The summed E-state index contributed by atoms with van der Waals surface area (Å²) in [6.45, 7) is 0.265. The van der Waals surface area contributed by atoms with E-state index < -0.39 is 0 Å². The van der Waals surface area contributed by atoms with Gasteiger partial charge in [-0.15, -0.1) is 0 Å². The summed E-state index contributed by atoms with van der Waals surface area (Å²) in [4.78, 5) is 8.07. The molecule has 0 unspecified atom stereocenters. The summed E-state index contributed by atoms with van der Waals surface area (Å²) in [5, 5.41) is 1.09. The zero-order valence-electron chi connectivity index (χ0n) is 8.23. The van der Waals surface area contributed by atoms with Crippen LogP contribution in [0.2, 0.25) is 10.0 Å². The van der Waals surface area contributed by atoms with Crippen molar-refractivity contribution in [2.75, 3.05) is 0 Å². The molecular formula is C11H8Cl2N2O. The van der Waals surface area contributed by atoms with Crippen molar-refractivity contribution in [3.63, 3.8) is 0 Å². The van der Waals surface area contributed by atoms with Gasteiger partial charge < -0.3 is 4.74 Å². The quantitative estimate of drug-likeness (QED) is 0.843. The fourth-order valence-corrected chi connectivity index (χ4v) is 1.47.